The van der Waals surface area contributed by atoms with Crippen LogP contribution < -0.4 is 9.47 Å². The maximum atomic E-state index is 13.0. The number of ether oxygens (including phenoxy) is 2. The van der Waals surface area contributed by atoms with E-state index >= 15 is 0 Å². The predicted octanol–water partition coefficient (Wildman–Crippen LogP) is 4.32. The van der Waals surface area contributed by atoms with E-state index in [0.29, 0.717) is 43.0 Å². The lowest BCUT2D eigenvalue weighted by atomic mass is 9.91. The minimum absolute atomic E-state index is 0.120. The third kappa shape index (κ3) is 4.03. The van der Waals surface area contributed by atoms with Crippen LogP contribution in [0, 0.1) is 5.92 Å². The number of rotatable bonds is 4. The number of carboxylic acid groups (broad SMARTS) is 1. The number of hydrogen-bond donors (Lipinski definition) is 1. The van der Waals surface area contributed by atoms with Crippen LogP contribution in [0.15, 0.2) is 42.5 Å². The monoisotopic (exact) mass is 407 g/mol. The van der Waals surface area contributed by atoms with Crippen LogP contribution in [-0.4, -0.2) is 35.9 Å². The summed E-state index contributed by atoms with van der Waals surface area (Å²) in [7, 11) is 0. The lowest BCUT2D eigenvalue weighted by Crippen LogP contribution is -2.41. The zero-order valence-electron chi connectivity index (χ0n) is 15.5. The van der Waals surface area contributed by atoms with Gasteiger partial charge in [-0.05, 0) is 54.8 Å². The Morgan fingerprint density at radius 2 is 1.76 bits per heavy atom. The molecule has 4 rings (SSSR count). The Bertz CT molecular complexity index is 898. The van der Waals surface area contributed by atoms with Crippen molar-refractivity contribution < 1.29 is 32.5 Å². The number of nitrogens with zero attached hydrogens (tertiary/aromatic N) is 1. The van der Waals surface area contributed by atoms with Crippen LogP contribution in [0.5, 0.6) is 11.5 Å². The number of hydrogen-bond acceptors (Lipinski definition) is 4. The molecule has 1 saturated heterocycles. The Morgan fingerprint density at radius 3 is 2.45 bits per heavy atom. The number of carbonyl (C=O) groups is 1. The first-order valence-corrected chi connectivity index (χ1v) is 9.36. The molecule has 2 aromatic rings. The SMILES string of the molecule is O=C(O)C1CCCN(C(c2ccc(C(F)(F)F)cc2)c2ccc3c(c2)OCO3)C1. The summed E-state index contributed by atoms with van der Waals surface area (Å²) in [6, 6.07) is 10.1. The fourth-order valence-corrected chi connectivity index (χ4v) is 3.99. The van der Waals surface area contributed by atoms with Crippen molar-refractivity contribution in [2.45, 2.75) is 25.1 Å². The maximum Gasteiger partial charge on any atom is 0.416 e. The minimum Gasteiger partial charge on any atom is -0.481 e. The first-order chi connectivity index (χ1) is 13.8. The number of halogens is 3. The molecule has 2 aromatic carbocycles. The molecule has 154 valence electrons. The van der Waals surface area contributed by atoms with Crippen molar-refractivity contribution in [1.29, 1.82) is 0 Å². The predicted molar refractivity (Wildman–Crippen MR) is 97.8 cm³/mol. The van der Waals surface area contributed by atoms with Gasteiger partial charge in [0.15, 0.2) is 11.5 Å². The van der Waals surface area contributed by atoms with Crippen LogP contribution in [0.4, 0.5) is 13.2 Å². The van der Waals surface area contributed by atoms with Gasteiger partial charge in [0.25, 0.3) is 0 Å². The minimum atomic E-state index is -4.41. The van der Waals surface area contributed by atoms with E-state index in [-0.39, 0.29) is 12.8 Å². The van der Waals surface area contributed by atoms with Crippen molar-refractivity contribution in [3.8, 4) is 11.5 Å². The van der Waals surface area contributed by atoms with Crippen molar-refractivity contribution in [1.82, 2.24) is 4.90 Å². The molecule has 2 aliphatic heterocycles. The van der Waals surface area contributed by atoms with E-state index in [2.05, 4.69) is 0 Å². The molecular formula is C21H20F3NO4. The third-order valence-electron chi connectivity index (χ3n) is 5.43. The maximum absolute atomic E-state index is 13.0. The van der Waals surface area contributed by atoms with Crippen molar-refractivity contribution >= 4 is 5.97 Å². The summed E-state index contributed by atoms with van der Waals surface area (Å²) >= 11 is 0. The van der Waals surface area contributed by atoms with E-state index in [1.807, 2.05) is 17.0 Å². The number of aliphatic carboxylic acids is 1. The quantitative estimate of drug-likeness (QED) is 0.818. The van der Waals surface area contributed by atoms with Gasteiger partial charge in [-0.2, -0.15) is 13.2 Å². The highest BCUT2D eigenvalue weighted by Gasteiger charge is 2.34. The second-order valence-corrected chi connectivity index (χ2v) is 7.31. The largest absolute Gasteiger partial charge is 0.481 e. The second-order valence-electron chi connectivity index (χ2n) is 7.31. The van der Waals surface area contributed by atoms with Gasteiger partial charge in [-0.15, -0.1) is 0 Å². The average molecular weight is 407 g/mol. The Kier molecular flexibility index (Phi) is 5.12. The fourth-order valence-electron chi connectivity index (χ4n) is 3.99. The Balaban J connectivity index is 1.72. The molecule has 0 bridgehead atoms. The molecule has 2 unspecified atom stereocenters. The summed E-state index contributed by atoms with van der Waals surface area (Å²) in [6.07, 6.45) is -3.11. The number of benzene rings is 2. The average Bonchev–Trinajstić information content (AvgIpc) is 3.16. The molecule has 0 spiro atoms. The molecule has 2 aliphatic rings. The lowest BCUT2D eigenvalue weighted by Gasteiger charge is -2.37. The van der Waals surface area contributed by atoms with Gasteiger partial charge >= 0.3 is 12.1 Å². The molecule has 1 fully saturated rings. The summed E-state index contributed by atoms with van der Waals surface area (Å²) in [5.41, 5.74) is 0.774. The Morgan fingerprint density at radius 1 is 1.07 bits per heavy atom. The Labute approximate surface area is 165 Å². The van der Waals surface area contributed by atoms with Crippen molar-refractivity contribution in [2.24, 2.45) is 5.92 Å². The van der Waals surface area contributed by atoms with Crippen LogP contribution in [-0.2, 0) is 11.0 Å². The van der Waals surface area contributed by atoms with Gasteiger partial charge in [-0.1, -0.05) is 18.2 Å². The highest BCUT2D eigenvalue weighted by Crippen LogP contribution is 2.39. The van der Waals surface area contributed by atoms with Crippen molar-refractivity contribution in [3.63, 3.8) is 0 Å². The second kappa shape index (κ2) is 7.59. The fraction of sp³-hybridized carbons (Fsp3) is 0.381. The molecule has 0 saturated carbocycles. The van der Waals surface area contributed by atoms with E-state index in [0.717, 1.165) is 17.7 Å². The molecule has 2 heterocycles. The van der Waals surface area contributed by atoms with E-state index in [1.54, 1.807) is 6.07 Å². The number of carboxylic acids is 1. The number of fused-ring (bicyclic) bond motifs is 1. The van der Waals surface area contributed by atoms with Gasteiger partial charge in [0.1, 0.15) is 0 Å². The zero-order valence-corrected chi connectivity index (χ0v) is 15.5. The molecule has 0 aliphatic carbocycles. The summed E-state index contributed by atoms with van der Waals surface area (Å²) in [5, 5.41) is 9.44. The standard InChI is InChI=1S/C21H20F3NO4/c22-21(23,24)16-6-3-13(4-7-16)19(25-9-1-2-15(11-25)20(26)27)14-5-8-17-18(10-14)29-12-28-17/h3-8,10,15,19H,1-2,9,11-12H2,(H,26,27). The van der Waals surface area contributed by atoms with Gasteiger partial charge in [0.05, 0.1) is 17.5 Å². The van der Waals surface area contributed by atoms with E-state index in [1.165, 1.54) is 12.1 Å². The zero-order chi connectivity index (χ0) is 20.6. The molecule has 5 nitrogen and oxygen atoms in total. The Hall–Kier alpha value is -2.74. The van der Waals surface area contributed by atoms with Crippen LogP contribution in [0.1, 0.15) is 35.6 Å². The van der Waals surface area contributed by atoms with Gasteiger partial charge in [-0.3, -0.25) is 9.69 Å². The van der Waals surface area contributed by atoms with Crippen molar-refractivity contribution in [3.05, 3.63) is 59.2 Å². The first kappa shape index (κ1) is 19.6. The topological polar surface area (TPSA) is 59.0 Å². The van der Waals surface area contributed by atoms with E-state index in [4.69, 9.17) is 9.47 Å². The number of piperidine rings is 1. The van der Waals surface area contributed by atoms with Crippen LogP contribution >= 0.6 is 0 Å². The van der Waals surface area contributed by atoms with Crippen molar-refractivity contribution in [2.75, 3.05) is 19.9 Å². The summed E-state index contributed by atoms with van der Waals surface area (Å²) in [5.74, 6) is -0.172. The van der Waals surface area contributed by atoms with Gasteiger partial charge < -0.3 is 14.6 Å². The molecule has 0 radical (unpaired) electrons. The normalized spacial score (nSPS) is 20.4. The van der Waals surface area contributed by atoms with Gasteiger partial charge in [0, 0.05) is 6.54 Å². The molecule has 8 heteroatoms. The summed E-state index contributed by atoms with van der Waals surface area (Å²) in [6.45, 7) is 1.11. The third-order valence-corrected chi connectivity index (χ3v) is 5.43. The highest BCUT2D eigenvalue weighted by molar-refractivity contribution is 5.70. The van der Waals surface area contributed by atoms with Crippen LogP contribution in [0.3, 0.4) is 0 Å². The molecule has 1 N–H and O–H groups in total. The van der Waals surface area contributed by atoms with Gasteiger partial charge in [0.2, 0.25) is 6.79 Å². The molecule has 2 atom stereocenters. The van der Waals surface area contributed by atoms with E-state index in [9.17, 15) is 23.1 Å². The van der Waals surface area contributed by atoms with Crippen LogP contribution in [0.25, 0.3) is 0 Å². The molecule has 0 amide bonds. The van der Waals surface area contributed by atoms with E-state index < -0.39 is 23.6 Å². The molecule has 29 heavy (non-hydrogen) atoms. The first-order valence-electron chi connectivity index (χ1n) is 9.36. The van der Waals surface area contributed by atoms with Crippen LogP contribution in [0.2, 0.25) is 0 Å². The number of alkyl halides is 3. The van der Waals surface area contributed by atoms with Gasteiger partial charge in [-0.25, -0.2) is 0 Å². The summed E-state index contributed by atoms with van der Waals surface area (Å²) < 4.78 is 49.7. The lowest BCUT2D eigenvalue weighted by molar-refractivity contribution is -0.144. The highest BCUT2D eigenvalue weighted by atomic mass is 19.4. The molecular weight excluding hydrogens is 387 g/mol. The smallest absolute Gasteiger partial charge is 0.416 e. The molecule has 0 aromatic heterocycles. The number of likely N-dealkylation sites (tertiary alicyclic amines) is 1. The summed E-state index contributed by atoms with van der Waals surface area (Å²) in [4.78, 5) is 13.5.